The number of halogens is 1. The van der Waals surface area contributed by atoms with Gasteiger partial charge in [0.2, 0.25) is 5.91 Å². The minimum atomic E-state index is -0.277. The first-order valence-electron chi connectivity index (χ1n) is 9.36. The van der Waals surface area contributed by atoms with Gasteiger partial charge in [-0.15, -0.1) is 11.3 Å². The van der Waals surface area contributed by atoms with Crippen LogP contribution in [0.1, 0.15) is 38.3 Å². The predicted molar refractivity (Wildman–Crippen MR) is 104 cm³/mol. The first-order chi connectivity index (χ1) is 12.6. The fraction of sp³-hybridized carbons (Fsp3) is 0.500. The van der Waals surface area contributed by atoms with Crippen molar-refractivity contribution < 1.29 is 9.18 Å². The number of hydrogen-bond acceptors (Lipinski definition) is 4. The average molecular weight is 376 g/mol. The molecule has 140 valence electrons. The van der Waals surface area contributed by atoms with Crippen LogP contribution in [0.4, 0.5) is 4.39 Å². The van der Waals surface area contributed by atoms with E-state index in [-0.39, 0.29) is 24.2 Å². The summed E-state index contributed by atoms with van der Waals surface area (Å²) in [4.78, 5) is 19.3. The molecular weight excluding hydrogens is 349 g/mol. The van der Waals surface area contributed by atoms with Gasteiger partial charge in [0.25, 0.3) is 0 Å². The van der Waals surface area contributed by atoms with Gasteiger partial charge in [0.1, 0.15) is 10.8 Å². The maximum atomic E-state index is 13.4. The third-order valence-corrected chi connectivity index (χ3v) is 5.69. The molecule has 1 N–H and O–H groups in total. The van der Waals surface area contributed by atoms with Crippen molar-refractivity contribution in [1.82, 2.24) is 15.2 Å². The molecule has 1 aromatic carbocycles. The Labute approximate surface area is 158 Å². The Morgan fingerprint density at radius 3 is 2.88 bits per heavy atom. The molecule has 3 rings (SSSR count). The molecule has 1 amide bonds. The topological polar surface area (TPSA) is 45.2 Å². The van der Waals surface area contributed by atoms with E-state index in [1.54, 1.807) is 6.07 Å². The number of amides is 1. The van der Waals surface area contributed by atoms with Gasteiger partial charge in [-0.3, -0.25) is 4.79 Å². The molecule has 0 spiro atoms. The molecule has 1 unspecified atom stereocenters. The van der Waals surface area contributed by atoms with Crippen molar-refractivity contribution in [3.63, 3.8) is 0 Å². The van der Waals surface area contributed by atoms with Crippen LogP contribution in [0.15, 0.2) is 29.6 Å². The normalized spacial score (nSPS) is 16.4. The highest BCUT2D eigenvalue weighted by molar-refractivity contribution is 7.13. The summed E-state index contributed by atoms with van der Waals surface area (Å²) in [5.41, 5.74) is 1.48. The molecule has 0 radical (unpaired) electrons. The van der Waals surface area contributed by atoms with Crippen LogP contribution in [-0.4, -0.2) is 41.5 Å². The highest BCUT2D eigenvalue weighted by Gasteiger charge is 2.18. The first-order valence-corrected chi connectivity index (χ1v) is 10.2. The molecule has 6 heteroatoms. The van der Waals surface area contributed by atoms with Crippen LogP contribution in [0.2, 0.25) is 0 Å². The maximum absolute atomic E-state index is 13.4. The monoisotopic (exact) mass is 375 g/mol. The highest BCUT2D eigenvalue weighted by Crippen LogP contribution is 2.24. The molecule has 2 heterocycles. The molecule has 4 nitrogen and oxygen atoms in total. The van der Waals surface area contributed by atoms with Gasteiger partial charge >= 0.3 is 0 Å². The minimum absolute atomic E-state index is 0.00458. The van der Waals surface area contributed by atoms with Gasteiger partial charge in [-0.25, -0.2) is 9.37 Å². The number of hydrogen-bond donors (Lipinski definition) is 1. The summed E-state index contributed by atoms with van der Waals surface area (Å²) < 4.78 is 13.4. The number of thiazole rings is 1. The van der Waals surface area contributed by atoms with Gasteiger partial charge in [-0.05, 0) is 44.5 Å². The molecular formula is C20H26FN3OS. The Hall–Kier alpha value is -1.79. The van der Waals surface area contributed by atoms with Crippen molar-refractivity contribution in [3.8, 4) is 10.6 Å². The Morgan fingerprint density at radius 1 is 1.35 bits per heavy atom. The van der Waals surface area contributed by atoms with Crippen molar-refractivity contribution in [2.75, 3.05) is 19.6 Å². The molecule has 1 aliphatic heterocycles. The van der Waals surface area contributed by atoms with Crippen LogP contribution in [0, 0.1) is 5.82 Å². The molecule has 26 heavy (non-hydrogen) atoms. The number of rotatable bonds is 7. The van der Waals surface area contributed by atoms with E-state index >= 15 is 0 Å². The summed E-state index contributed by atoms with van der Waals surface area (Å²) in [6.07, 6.45) is 5.02. The van der Waals surface area contributed by atoms with Crippen LogP contribution >= 0.6 is 11.3 Å². The fourth-order valence-electron chi connectivity index (χ4n) is 3.32. The molecule has 0 aliphatic carbocycles. The second-order valence-electron chi connectivity index (χ2n) is 6.87. The molecule has 1 saturated heterocycles. The minimum Gasteiger partial charge on any atom is -0.352 e. The number of carbonyl (C=O) groups excluding carboxylic acids is 1. The van der Waals surface area contributed by atoms with Crippen molar-refractivity contribution in [1.29, 1.82) is 0 Å². The zero-order valence-corrected chi connectivity index (χ0v) is 16.0. The number of nitrogens with one attached hydrogen (secondary N) is 1. The SMILES string of the molecule is CCC(CN1CCCCC1)NC(=O)Cc1csc(-c2cccc(F)c2)n1. The third kappa shape index (κ3) is 5.35. The molecule has 0 bridgehead atoms. The zero-order chi connectivity index (χ0) is 18.4. The first kappa shape index (κ1) is 19.0. The second-order valence-corrected chi connectivity index (χ2v) is 7.72. The summed E-state index contributed by atoms with van der Waals surface area (Å²) in [5.74, 6) is -0.273. The summed E-state index contributed by atoms with van der Waals surface area (Å²) in [5, 5.41) is 5.77. The number of carbonyl (C=O) groups is 1. The Kier molecular flexibility index (Phi) is 6.74. The Balaban J connectivity index is 1.54. The maximum Gasteiger partial charge on any atom is 0.226 e. The predicted octanol–water partition coefficient (Wildman–Crippen LogP) is 3.87. The van der Waals surface area contributed by atoms with Gasteiger partial charge < -0.3 is 10.2 Å². The highest BCUT2D eigenvalue weighted by atomic mass is 32.1. The number of likely N-dealkylation sites (tertiary alicyclic amines) is 1. The van der Waals surface area contributed by atoms with Gasteiger partial charge in [-0.2, -0.15) is 0 Å². The molecule has 0 saturated carbocycles. The Morgan fingerprint density at radius 2 is 2.15 bits per heavy atom. The van der Waals surface area contributed by atoms with E-state index in [1.807, 2.05) is 11.4 Å². The summed E-state index contributed by atoms with van der Waals surface area (Å²) in [6.45, 7) is 5.30. The van der Waals surface area contributed by atoms with Gasteiger partial charge in [0, 0.05) is 23.5 Å². The smallest absolute Gasteiger partial charge is 0.226 e. The zero-order valence-electron chi connectivity index (χ0n) is 15.2. The van der Waals surface area contributed by atoms with Crippen LogP contribution < -0.4 is 5.32 Å². The molecule has 1 aliphatic rings. The van der Waals surface area contributed by atoms with E-state index in [0.29, 0.717) is 0 Å². The van der Waals surface area contributed by atoms with Crippen molar-refractivity contribution in [3.05, 3.63) is 41.2 Å². The van der Waals surface area contributed by atoms with Crippen molar-refractivity contribution in [2.24, 2.45) is 0 Å². The van der Waals surface area contributed by atoms with E-state index in [4.69, 9.17) is 0 Å². The average Bonchev–Trinajstić information content (AvgIpc) is 3.10. The van der Waals surface area contributed by atoms with Gasteiger partial charge in [0.05, 0.1) is 12.1 Å². The van der Waals surface area contributed by atoms with E-state index < -0.39 is 0 Å². The lowest BCUT2D eigenvalue weighted by Crippen LogP contribution is -2.45. The quantitative estimate of drug-likeness (QED) is 0.799. The summed E-state index contributed by atoms with van der Waals surface area (Å²) in [6, 6.07) is 6.57. The summed E-state index contributed by atoms with van der Waals surface area (Å²) >= 11 is 1.44. The van der Waals surface area contributed by atoms with E-state index in [1.165, 1.54) is 42.7 Å². The lowest BCUT2D eigenvalue weighted by atomic mass is 10.1. The molecule has 1 aromatic heterocycles. The fourth-order valence-corrected chi connectivity index (χ4v) is 4.13. The standard InChI is InChI=1S/C20H26FN3OS/c1-2-17(13-24-9-4-3-5-10-24)22-19(25)12-18-14-26-20(23-18)15-7-6-8-16(21)11-15/h6-8,11,14,17H,2-5,9-10,12-13H2,1H3,(H,22,25). The number of benzene rings is 1. The Bertz CT molecular complexity index is 727. The van der Waals surface area contributed by atoms with E-state index in [2.05, 4.69) is 22.1 Å². The van der Waals surface area contributed by atoms with Gasteiger partial charge in [-0.1, -0.05) is 25.5 Å². The van der Waals surface area contributed by atoms with Crippen LogP contribution in [0.25, 0.3) is 10.6 Å². The molecule has 2 aromatic rings. The number of aromatic nitrogens is 1. The van der Waals surface area contributed by atoms with Crippen molar-refractivity contribution >= 4 is 17.2 Å². The van der Waals surface area contributed by atoms with Crippen molar-refractivity contribution in [2.45, 2.75) is 45.1 Å². The lowest BCUT2D eigenvalue weighted by Gasteiger charge is -2.30. The number of piperidine rings is 1. The third-order valence-electron chi connectivity index (χ3n) is 4.75. The molecule has 1 atom stereocenters. The van der Waals surface area contributed by atoms with Gasteiger partial charge in [0.15, 0.2) is 0 Å². The summed E-state index contributed by atoms with van der Waals surface area (Å²) in [7, 11) is 0. The van der Waals surface area contributed by atoms with Crippen LogP contribution in [0.3, 0.4) is 0 Å². The molecule has 1 fully saturated rings. The largest absolute Gasteiger partial charge is 0.352 e. The van der Waals surface area contributed by atoms with Crippen LogP contribution in [0.5, 0.6) is 0 Å². The number of nitrogens with zero attached hydrogens (tertiary/aromatic N) is 2. The van der Waals surface area contributed by atoms with Crippen LogP contribution in [-0.2, 0) is 11.2 Å². The lowest BCUT2D eigenvalue weighted by molar-refractivity contribution is -0.121. The van der Waals surface area contributed by atoms with E-state index in [9.17, 15) is 9.18 Å². The second kappa shape index (κ2) is 9.24. The van der Waals surface area contributed by atoms with E-state index in [0.717, 1.165) is 42.3 Å².